The van der Waals surface area contributed by atoms with Crippen molar-refractivity contribution in [2.45, 2.75) is 44.7 Å². The maximum absolute atomic E-state index is 11.1. The largest absolute Gasteiger partial charge is 0.312 e. The van der Waals surface area contributed by atoms with Gasteiger partial charge in [-0.1, -0.05) is 26.8 Å². The summed E-state index contributed by atoms with van der Waals surface area (Å²) in [7, 11) is 1.88. The van der Waals surface area contributed by atoms with Gasteiger partial charge in [0.2, 0.25) is 7.28 Å². The van der Waals surface area contributed by atoms with Gasteiger partial charge in [-0.05, 0) is 30.0 Å². The molecule has 77 valence electrons. The third-order valence-electron chi connectivity index (χ3n) is 2.76. The number of hydrogen-bond acceptors (Lipinski definition) is 2. The van der Waals surface area contributed by atoms with Crippen LogP contribution in [0.15, 0.2) is 11.5 Å². The van der Waals surface area contributed by atoms with E-state index in [-0.39, 0.29) is 5.68 Å². The van der Waals surface area contributed by atoms with E-state index in [9.17, 15) is 4.79 Å². The maximum Gasteiger partial charge on any atom is 0.206 e. The molecule has 0 amide bonds. The van der Waals surface area contributed by atoms with Gasteiger partial charge in [0, 0.05) is 5.25 Å². The standard InChI is InChI=1S/C11H18BOS/c1-5-10(12-9(4)13)11-7(2)6-8(3)14-11/h7,10-11H,3,5-6H2,1-2,4H3. The molecule has 14 heavy (non-hydrogen) atoms. The average Bonchev–Trinajstić information content (AvgIpc) is 2.41. The molecule has 1 nitrogen and oxygen atoms in total. The molecule has 1 aliphatic rings. The SMILES string of the molecule is C=C1CC(C)C(C([B]C(C)=O)CC)S1. The van der Waals surface area contributed by atoms with Crippen LogP contribution in [0.5, 0.6) is 0 Å². The van der Waals surface area contributed by atoms with Crippen molar-refractivity contribution in [3.05, 3.63) is 11.5 Å². The van der Waals surface area contributed by atoms with E-state index in [1.54, 1.807) is 6.92 Å². The van der Waals surface area contributed by atoms with Gasteiger partial charge < -0.3 is 4.79 Å². The summed E-state index contributed by atoms with van der Waals surface area (Å²) in [5, 5.41) is 0.566. The van der Waals surface area contributed by atoms with Gasteiger partial charge in [-0.3, -0.25) is 0 Å². The van der Waals surface area contributed by atoms with Crippen molar-refractivity contribution in [1.82, 2.24) is 0 Å². The van der Waals surface area contributed by atoms with Crippen LogP contribution in [0.1, 0.15) is 33.6 Å². The van der Waals surface area contributed by atoms with Crippen molar-refractivity contribution < 1.29 is 4.79 Å². The lowest BCUT2D eigenvalue weighted by atomic mass is 9.57. The Balaban J connectivity index is 2.60. The molecular formula is C11H18BOS. The molecule has 0 aromatic carbocycles. The summed E-state index contributed by atoms with van der Waals surface area (Å²) >= 11 is 1.87. The fourth-order valence-electron chi connectivity index (χ4n) is 2.09. The Bertz CT molecular complexity index is 239. The number of carbonyl (C=O) groups is 1. The van der Waals surface area contributed by atoms with Crippen LogP contribution in [-0.4, -0.2) is 18.2 Å². The van der Waals surface area contributed by atoms with E-state index >= 15 is 0 Å². The zero-order chi connectivity index (χ0) is 10.7. The zero-order valence-electron chi connectivity index (χ0n) is 9.25. The van der Waals surface area contributed by atoms with Crippen molar-refractivity contribution in [2.24, 2.45) is 5.92 Å². The fraction of sp³-hybridized carbons (Fsp3) is 0.727. The van der Waals surface area contributed by atoms with Crippen LogP contribution in [-0.2, 0) is 4.79 Å². The molecule has 3 atom stereocenters. The first-order chi connectivity index (χ1) is 6.54. The van der Waals surface area contributed by atoms with Crippen LogP contribution in [0.3, 0.4) is 0 Å². The molecule has 0 aromatic rings. The molecule has 1 radical (unpaired) electrons. The third kappa shape index (κ3) is 2.91. The van der Waals surface area contributed by atoms with E-state index in [1.165, 1.54) is 4.91 Å². The molecule has 1 fully saturated rings. The highest BCUT2D eigenvalue weighted by molar-refractivity contribution is 8.04. The third-order valence-corrected chi connectivity index (χ3v) is 4.34. The van der Waals surface area contributed by atoms with Gasteiger partial charge in [-0.2, -0.15) is 0 Å². The van der Waals surface area contributed by atoms with Crippen molar-refractivity contribution in [1.29, 1.82) is 0 Å². The lowest BCUT2D eigenvalue weighted by molar-refractivity contribution is -0.110. The molecule has 1 aliphatic heterocycles. The zero-order valence-corrected chi connectivity index (χ0v) is 10.1. The second-order valence-corrected chi connectivity index (χ2v) is 5.51. The van der Waals surface area contributed by atoms with Crippen LogP contribution < -0.4 is 0 Å². The summed E-state index contributed by atoms with van der Waals surface area (Å²) in [6.07, 6.45) is 2.16. The number of thioether (sulfide) groups is 1. The van der Waals surface area contributed by atoms with Gasteiger partial charge in [-0.25, -0.2) is 0 Å². The normalized spacial score (nSPS) is 28.9. The van der Waals surface area contributed by atoms with Gasteiger partial charge in [-0.15, -0.1) is 11.8 Å². The Morgan fingerprint density at radius 2 is 2.43 bits per heavy atom. The van der Waals surface area contributed by atoms with Crippen molar-refractivity contribution in [2.75, 3.05) is 0 Å². The Labute approximate surface area is 92.0 Å². The van der Waals surface area contributed by atoms with E-state index in [0.717, 1.165) is 12.8 Å². The lowest BCUT2D eigenvalue weighted by Gasteiger charge is -2.23. The topological polar surface area (TPSA) is 17.1 Å². The van der Waals surface area contributed by atoms with Crippen molar-refractivity contribution in [3.63, 3.8) is 0 Å². The van der Waals surface area contributed by atoms with Gasteiger partial charge >= 0.3 is 0 Å². The first kappa shape index (κ1) is 11.9. The summed E-state index contributed by atoms with van der Waals surface area (Å²) in [4.78, 5) is 12.3. The minimum absolute atomic E-state index is 0.196. The van der Waals surface area contributed by atoms with E-state index in [1.807, 2.05) is 19.0 Å². The van der Waals surface area contributed by atoms with Crippen LogP contribution in [0.25, 0.3) is 0 Å². The molecule has 1 heterocycles. The first-order valence-corrected chi connectivity index (χ1v) is 6.12. The predicted octanol–water partition coefficient (Wildman–Crippen LogP) is 3.09. The number of hydrogen-bond donors (Lipinski definition) is 0. The minimum atomic E-state index is 0.196. The molecule has 1 saturated heterocycles. The highest BCUT2D eigenvalue weighted by atomic mass is 32.2. The second kappa shape index (κ2) is 5.06. The Kier molecular flexibility index (Phi) is 4.30. The second-order valence-electron chi connectivity index (χ2n) is 4.15. The molecule has 3 unspecified atom stereocenters. The molecule has 0 saturated carbocycles. The molecule has 0 N–H and O–H groups in total. The number of rotatable bonds is 4. The van der Waals surface area contributed by atoms with Crippen LogP contribution in [0.2, 0.25) is 5.82 Å². The summed E-state index contributed by atoms with van der Waals surface area (Å²) in [5.41, 5.74) is 0.196. The number of allylic oxidation sites excluding steroid dienone is 1. The minimum Gasteiger partial charge on any atom is -0.312 e. The van der Waals surface area contributed by atoms with Crippen LogP contribution >= 0.6 is 11.8 Å². The monoisotopic (exact) mass is 209 g/mol. The highest BCUT2D eigenvalue weighted by Gasteiger charge is 2.33. The van der Waals surface area contributed by atoms with Crippen molar-refractivity contribution >= 4 is 24.7 Å². The molecule has 0 aliphatic carbocycles. The molecule has 0 bridgehead atoms. The predicted molar refractivity (Wildman–Crippen MR) is 64.8 cm³/mol. The average molecular weight is 209 g/mol. The summed E-state index contributed by atoms with van der Waals surface area (Å²) < 4.78 is 0. The Morgan fingerprint density at radius 3 is 2.79 bits per heavy atom. The van der Waals surface area contributed by atoms with E-state index in [2.05, 4.69) is 20.4 Å². The van der Waals surface area contributed by atoms with E-state index in [4.69, 9.17) is 0 Å². The van der Waals surface area contributed by atoms with Crippen LogP contribution in [0, 0.1) is 5.92 Å². The van der Waals surface area contributed by atoms with Crippen molar-refractivity contribution in [3.8, 4) is 0 Å². The first-order valence-electron chi connectivity index (χ1n) is 5.24. The fourth-order valence-corrected chi connectivity index (χ4v) is 3.61. The van der Waals surface area contributed by atoms with E-state index < -0.39 is 0 Å². The van der Waals surface area contributed by atoms with Gasteiger partial charge in [0.05, 0.1) is 5.68 Å². The van der Waals surface area contributed by atoms with Crippen LogP contribution in [0.4, 0.5) is 0 Å². The molecule has 3 heteroatoms. The molecule has 1 rings (SSSR count). The van der Waals surface area contributed by atoms with E-state index in [0.29, 0.717) is 17.0 Å². The number of carbonyl (C=O) groups excluding carboxylic acids is 1. The Morgan fingerprint density at radius 1 is 1.79 bits per heavy atom. The lowest BCUT2D eigenvalue weighted by Crippen LogP contribution is -2.24. The Hall–Kier alpha value is -0.175. The van der Waals surface area contributed by atoms with Gasteiger partial charge in [0.25, 0.3) is 0 Å². The molecular weight excluding hydrogens is 191 g/mol. The summed E-state index contributed by atoms with van der Waals surface area (Å²) in [5.74, 6) is 1.08. The highest BCUT2D eigenvalue weighted by Crippen LogP contribution is 2.46. The molecule has 0 aromatic heterocycles. The summed E-state index contributed by atoms with van der Waals surface area (Å²) in [6.45, 7) is 10.1. The molecule has 0 spiro atoms. The summed E-state index contributed by atoms with van der Waals surface area (Å²) in [6, 6.07) is 0. The quantitative estimate of drug-likeness (QED) is 0.662. The smallest absolute Gasteiger partial charge is 0.206 e. The van der Waals surface area contributed by atoms with Gasteiger partial charge in [0.1, 0.15) is 0 Å². The van der Waals surface area contributed by atoms with Gasteiger partial charge in [0.15, 0.2) is 0 Å². The maximum atomic E-state index is 11.1.